The molecule has 0 aliphatic rings. The highest BCUT2D eigenvalue weighted by atomic mass is 15.0. The summed E-state index contributed by atoms with van der Waals surface area (Å²) in [5, 5.41) is 11.9. The van der Waals surface area contributed by atoms with E-state index < -0.39 is 0 Å². The summed E-state index contributed by atoms with van der Waals surface area (Å²) in [6.45, 7) is 6.40. The summed E-state index contributed by atoms with van der Waals surface area (Å²) in [5.74, 6) is 0.818. The van der Waals surface area contributed by atoms with Gasteiger partial charge >= 0.3 is 0 Å². The Morgan fingerprint density at radius 2 is 2.21 bits per heavy atom. The van der Waals surface area contributed by atoms with Crippen LogP contribution < -0.4 is 5.32 Å². The Morgan fingerprint density at radius 1 is 1.50 bits per heavy atom. The molecule has 0 unspecified atom stereocenters. The lowest BCUT2D eigenvalue weighted by Gasteiger charge is -2.16. The zero-order valence-corrected chi connectivity index (χ0v) is 8.83. The van der Waals surface area contributed by atoms with Crippen molar-refractivity contribution in [2.24, 2.45) is 5.41 Å². The van der Waals surface area contributed by atoms with Gasteiger partial charge in [0.15, 0.2) is 0 Å². The van der Waals surface area contributed by atoms with Crippen LogP contribution in [0.4, 0.5) is 5.82 Å². The number of pyridine rings is 1. The summed E-state index contributed by atoms with van der Waals surface area (Å²) >= 11 is 0. The molecule has 1 heterocycles. The summed E-state index contributed by atoms with van der Waals surface area (Å²) in [5.41, 5.74) is 0.780. The van der Waals surface area contributed by atoms with Crippen LogP contribution in [0.15, 0.2) is 18.3 Å². The molecule has 0 aliphatic heterocycles. The quantitative estimate of drug-likeness (QED) is 0.794. The molecule has 0 fully saturated rings. The molecule has 0 amide bonds. The SMILES string of the molecule is Cc1ccc(NCC(C)(C)C#N)nc1. The molecule has 14 heavy (non-hydrogen) atoms. The van der Waals surface area contributed by atoms with Gasteiger partial charge in [0.25, 0.3) is 0 Å². The Bertz CT molecular complexity index is 333. The molecule has 0 saturated heterocycles. The molecule has 0 atom stereocenters. The summed E-state index contributed by atoms with van der Waals surface area (Å²) in [7, 11) is 0. The molecule has 74 valence electrons. The lowest BCUT2D eigenvalue weighted by atomic mass is 9.96. The van der Waals surface area contributed by atoms with Gasteiger partial charge in [-0.3, -0.25) is 0 Å². The normalized spacial score (nSPS) is 10.7. The Labute approximate surface area is 84.8 Å². The standard InChI is InChI=1S/C11H15N3/c1-9-4-5-10(13-6-9)14-8-11(2,3)7-12/h4-6H,8H2,1-3H3,(H,13,14). The molecule has 0 bridgehead atoms. The third kappa shape index (κ3) is 3.06. The highest BCUT2D eigenvalue weighted by Gasteiger charge is 2.15. The zero-order valence-electron chi connectivity index (χ0n) is 8.83. The van der Waals surface area contributed by atoms with Crippen LogP contribution in [-0.2, 0) is 0 Å². The molecule has 0 aliphatic carbocycles. The van der Waals surface area contributed by atoms with Crippen LogP contribution in [0.3, 0.4) is 0 Å². The van der Waals surface area contributed by atoms with Crippen LogP contribution in [0, 0.1) is 23.7 Å². The predicted octanol–water partition coefficient (Wildman–Crippen LogP) is 2.35. The van der Waals surface area contributed by atoms with E-state index in [1.54, 1.807) is 0 Å². The number of hydrogen-bond donors (Lipinski definition) is 1. The fourth-order valence-corrected chi connectivity index (χ4v) is 0.923. The van der Waals surface area contributed by atoms with Crippen LogP contribution >= 0.6 is 0 Å². The van der Waals surface area contributed by atoms with E-state index >= 15 is 0 Å². The highest BCUT2D eigenvalue weighted by molar-refractivity contribution is 5.35. The van der Waals surface area contributed by atoms with Crippen molar-refractivity contribution in [2.75, 3.05) is 11.9 Å². The molecule has 1 rings (SSSR count). The smallest absolute Gasteiger partial charge is 0.125 e. The minimum atomic E-state index is -0.355. The van der Waals surface area contributed by atoms with Crippen molar-refractivity contribution in [3.8, 4) is 6.07 Å². The third-order valence-electron chi connectivity index (χ3n) is 1.93. The maximum absolute atomic E-state index is 8.81. The van der Waals surface area contributed by atoms with Gasteiger partial charge in [-0.2, -0.15) is 5.26 Å². The maximum Gasteiger partial charge on any atom is 0.125 e. The van der Waals surface area contributed by atoms with Crippen molar-refractivity contribution in [3.05, 3.63) is 23.9 Å². The van der Waals surface area contributed by atoms with Crippen molar-refractivity contribution in [2.45, 2.75) is 20.8 Å². The molecular weight excluding hydrogens is 174 g/mol. The highest BCUT2D eigenvalue weighted by Crippen LogP contribution is 2.14. The molecular formula is C11H15N3. The summed E-state index contributed by atoms with van der Waals surface area (Å²) in [6.07, 6.45) is 1.81. The van der Waals surface area contributed by atoms with Crippen molar-refractivity contribution >= 4 is 5.82 Å². The van der Waals surface area contributed by atoms with Crippen LogP contribution in [0.1, 0.15) is 19.4 Å². The fraction of sp³-hybridized carbons (Fsp3) is 0.455. The average molecular weight is 189 g/mol. The first-order valence-corrected chi connectivity index (χ1v) is 4.61. The Hall–Kier alpha value is -1.56. The molecule has 3 heteroatoms. The van der Waals surface area contributed by atoms with Gasteiger partial charge in [0.05, 0.1) is 11.5 Å². The Morgan fingerprint density at radius 3 is 2.71 bits per heavy atom. The minimum Gasteiger partial charge on any atom is -0.368 e. The van der Waals surface area contributed by atoms with Crippen molar-refractivity contribution < 1.29 is 0 Å². The topological polar surface area (TPSA) is 48.7 Å². The molecule has 0 saturated carbocycles. The van der Waals surface area contributed by atoms with Gasteiger partial charge in [0.1, 0.15) is 5.82 Å². The summed E-state index contributed by atoms with van der Waals surface area (Å²) in [6, 6.07) is 6.15. The van der Waals surface area contributed by atoms with E-state index in [0.29, 0.717) is 6.54 Å². The number of hydrogen-bond acceptors (Lipinski definition) is 3. The number of nitrogens with one attached hydrogen (secondary N) is 1. The number of anilines is 1. The number of aromatic nitrogens is 1. The zero-order chi connectivity index (χ0) is 10.6. The number of nitriles is 1. The molecule has 0 aromatic carbocycles. The Kier molecular flexibility index (Phi) is 3.08. The number of rotatable bonds is 3. The van der Waals surface area contributed by atoms with Crippen LogP contribution in [0.2, 0.25) is 0 Å². The summed E-state index contributed by atoms with van der Waals surface area (Å²) < 4.78 is 0. The van der Waals surface area contributed by atoms with Crippen molar-refractivity contribution in [1.82, 2.24) is 4.98 Å². The van der Waals surface area contributed by atoms with Gasteiger partial charge in [-0.25, -0.2) is 4.98 Å². The molecule has 3 nitrogen and oxygen atoms in total. The second-order valence-corrected chi connectivity index (χ2v) is 4.07. The van der Waals surface area contributed by atoms with Gasteiger partial charge in [0.2, 0.25) is 0 Å². The predicted molar refractivity (Wildman–Crippen MR) is 56.9 cm³/mol. The largest absolute Gasteiger partial charge is 0.368 e. The van der Waals surface area contributed by atoms with Gasteiger partial charge in [-0.1, -0.05) is 6.07 Å². The van der Waals surface area contributed by atoms with Gasteiger partial charge in [0, 0.05) is 12.7 Å². The Balaban J connectivity index is 2.55. The van der Waals surface area contributed by atoms with Gasteiger partial charge < -0.3 is 5.32 Å². The van der Waals surface area contributed by atoms with Crippen LogP contribution in [0.25, 0.3) is 0 Å². The first-order valence-electron chi connectivity index (χ1n) is 4.61. The van der Waals surface area contributed by atoms with Crippen LogP contribution in [-0.4, -0.2) is 11.5 Å². The van der Waals surface area contributed by atoms with E-state index in [-0.39, 0.29) is 5.41 Å². The first kappa shape index (κ1) is 10.5. The lowest BCUT2D eigenvalue weighted by Crippen LogP contribution is -2.21. The summed E-state index contributed by atoms with van der Waals surface area (Å²) in [4.78, 5) is 4.20. The van der Waals surface area contributed by atoms with Crippen molar-refractivity contribution in [3.63, 3.8) is 0 Å². The van der Waals surface area contributed by atoms with Gasteiger partial charge in [-0.05, 0) is 32.4 Å². The van der Waals surface area contributed by atoms with E-state index in [2.05, 4.69) is 16.4 Å². The monoisotopic (exact) mass is 189 g/mol. The molecule has 1 N–H and O–H groups in total. The van der Waals surface area contributed by atoms with E-state index in [1.807, 2.05) is 39.1 Å². The molecule has 1 aromatic heterocycles. The molecule has 0 radical (unpaired) electrons. The van der Waals surface area contributed by atoms with E-state index in [0.717, 1.165) is 11.4 Å². The second kappa shape index (κ2) is 4.10. The fourth-order valence-electron chi connectivity index (χ4n) is 0.923. The number of aryl methyl sites for hydroxylation is 1. The van der Waals surface area contributed by atoms with E-state index in [1.165, 1.54) is 0 Å². The first-order chi connectivity index (χ1) is 6.53. The van der Waals surface area contributed by atoms with E-state index in [4.69, 9.17) is 5.26 Å². The second-order valence-electron chi connectivity index (χ2n) is 4.07. The maximum atomic E-state index is 8.81. The van der Waals surface area contributed by atoms with E-state index in [9.17, 15) is 0 Å². The van der Waals surface area contributed by atoms with Gasteiger partial charge in [-0.15, -0.1) is 0 Å². The minimum absolute atomic E-state index is 0.355. The average Bonchev–Trinajstić information content (AvgIpc) is 2.17. The van der Waals surface area contributed by atoms with Crippen LogP contribution in [0.5, 0.6) is 0 Å². The number of nitrogens with zero attached hydrogens (tertiary/aromatic N) is 2. The molecule has 0 spiro atoms. The third-order valence-corrected chi connectivity index (χ3v) is 1.93. The van der Waals surface area contributed by atoms with Crippen molar-refractivity contribution in [1.29, 1.82) is 5.26 Å². The molecule has 1 aromatic rings. The lowest BCUT2D eigenvalue weighted by molar-refractivity contribution is 0.528.